The van der Waals surface area contributed by atoms with Crippen LogP contribution in [0.25, 0.3) is 0 Å². The molecule has 2 amide bonds. The van der Waals surface area contributed by atoms with Gasteiger partial charge in [-0.05, 0) is 43.0 Å². The van der Waals surface area contributed by atoms with Gasteiger partial charge in [0.2, 0.25) is 11.8 Å². The first-order chi connectivity index (χ1) is 14.9. The van der Waals surface area contributed by atoms with E-state index in [9.17, 15) is 9.59 Å². The number of nitrogens with zero attached hydrogens (tertiary/aromatic N) is 1. The topological polar surface area (TPSA) is 49.4 Å². The Kier molecular flexibility index (Phi) is 11.3. The number of carbonyl (C=O) groups excluding carboxylic acids is 2. The highest BCUT2D eigenvalue weighted by molar-refractivity contribution is 7.99. The average Bonchev–Trinajstić information content (AvgIpc) is 2.76. The molecule has 0 spiro atoms. The van der Waals surface area contributed by atoms with Crippen LogP contribution in [0.15, 0.2) is 48.5 Å². The van der Waals surface area contributed by atoms with E-state index in [1.807, 2.05) is 36.4 Å². The number of thioether (sulfide) groups is 1. The zero-order chi connectivity index (χ0) is 22.6. The first kappa shape index (κ1) is 25.6. The third-order valence-electron chi connectivity index (χ3n) is 4.98. The van der Waals surface area contributed by atoms with Crippen molar-refractivity contribution >= 4 is 46.8 Å². The minimum absolute atomic E-state index is 0.0517. The predicted molar refractivity (Wildman–Crippen MR) is 132 cm³/mol. The van der Waals surface area contributed by atoms with E-state index in [0.29, 0.717) is 35.3 Å². The first-order valence-corrected chi connectivity index (χ1v) is 12.5. The highest BCUT2D eigenvalue weighted by Gasteiger charge is 2.25. The van der Waals surface area contributed by atoms with Crippen molar-refractivity contribution in [2.75, 3.05) is 18.8 Å². The Morgan fingerprint density at radius 2 is 1.87 bits per heavy atom. The SMILES string of the molecule is CCCCNC(=O)C(C)N(CCc1ccccc1)C(=O)CSCc1ccc(Cl)cc1Cl. The summed E-state index contributed by atoms with van der Waals surface area (Å²) in [5, 5.41) is 4.12. The van der Waals surface area contributed by atoms with Gasteiger partial charge >= 0.3 is 0 Å². The predicted octanol–water partition coefficient (Wildman–Crippen LogP) is 5.60. The largest absolute Gasteiger partial charge is 0.354 e. The van der Waals surface area contributed by atoms with E-state index in [1.165, 1.54) is 11.8 Å². The smallest absolute Gasteiger partial charge is 0.242 e. The summed E-state index contributed by atoms with van der Waals surface area (Å²) in [5.74, 6) is 0.718. The molecule has 0 fully saturated rings. The molecule has 2 aromatic rings. The van der Waals surface area contributed by atoms with Gasteiger partial charge in [-0.1, -0.05) is 72.9 Å². The third-order valence-corrected chi connectivity index (χ3v) is 6.53. The number of unbranched alkanes of at least 4 members (excludes halogenated alkanes) is 1. The fourth-order valence-electron chi connectivity index (χ4n) is 3.08. The highest BCUT2D eigenvalue weighted by Crippen LogP contribution is 2.25. The normalized spacial score (nSPS) is 11.7. The van der Waals surface area contributed by atoms with Gasteiger partial charge in [0.05, 0.1) is 5.75 Å². The Balaban J connectivity index is 1.99. The molecule has 0 radical (unpaired) electrons. The summed E-state index contributed by atoms with van der Waals surface area (Å²) in [6.07, 6.45) is 2.64. The second-order valence-electron chi connectivity index (χ2n) is 7.37. The molecule has 0 aliphatic carbocycles. The number of carbonyl (C=O) groups is 2. The van der Waals surface area contributed by atoms with Crippen molar-refractivity contribution in [3.05, 3.63) is 69.7 Å². The fourth-order valence-corrected chi connectivity index (χ4v) is 4.54. The molecule has 0 bridgehead atoms. The van der Waals surface area contributed by atoms with Crippen LogP contribution in [0.1, 0.15) is 37.8 Å². The quantitative estimate of drug-likeness (QED) is 0.402. The Labute approximate surface area is 199 Å². The molecule has 0 saturated heterocycles. The van der Waals surface area contributed by atoms with Gasteiger partial charge in [0.1, 0.15) is 6.04 Å². The van der Waals surface area contributed by atoms with Crippen LogP contribution < -0.4 is 5.32 Å². The van der Waals surface area contributed by atoms with Crippen LogP contribution in [0.4, 0.5) is 0 Å². The summed E-state index contributed by atoms with van der Waals surface area (Å²) in [7, 11) is 0. The number of rotatable bonds is 12. The van der Waals surface area contributed by atoms with Gasteiger partial charge < -0.3 is 10.2 Å². The Morgan fingerprint density at radius 3 is 2.55 bits per heavy atom. The fraction of sp³-hybridized carbons (Fsp3) is 0.417. The molecule has 7 heteroatoms. The van der Waals surface area contributed by atoms with E-state index in [-0.39, 0.29) is 17.6 Å². The van der Waals surface area contributed by atoms with Gasteiger partial charge in [0.25, 0.3) is 0 Å². The standard InChI is InChI=1S/C24H30Cl2N2O2S/c1-3-4-13-27-24(30)18(2)28(14-12-19-8-6-5-7-9-19)23(29)17-31-16-20-10-11-21(25)15-22(20)26/h5-11,15,18H,3-4,12-14,16-17H2,1-2H3,(H,27,30). The zero-order valence-corrected chi connectivity index (χ0v) is 20.4. The maximum Gasteiger partial charge on any atom is 0.242 e. The summed E-state index contributed by atoms with van der Waals surface area (Å²) in [4.78, 5) is 27.3. The molecule has 0 aromatic heterocycles. The van der Waals surface area contributed by atoms with Crippen molar-refractivity contribution in [1.82, 2.24) is 10.2 Å². The molecule has 0 heterocycles. The maximum absolute atomic E-state index is 13.0. The number of benzene rings is 2. The number of amides is 2. The van der Waals surface area contributed by atoms with Crippen molar-refractivity contribution in [3.63, 3.8) is 0 Å². The van der Waals surface area contributed by atoms with Crippen molar-refractivity contribution < 1.29 is 9.59 Å². The lowest BCUT2D eigenvalue weighted by atomic mass is 10.1. The van der Waals surface area contributed by atoms with Gasteiger partial charge in [-0.15, -0.1) is 11.8 Å². The molecule has 0 aliphatic rings. The van der Waals surface area contributed by atoms with Gasteiger partial charge in [0.15, 0.2) is 0 Å². The Morgan fingerprint density at radius 1 is 1.13 bits per heavy atom. The van der Waals surface area contributed by atoms with E-state index >= 15 is 0 Å². The number of hydrogen-bond donors (Lipinski definition) is 1. The van der Waals surface area contributed by atoms with Crippen LogP contribution in [0.2, 0.25) is 10.0 Å². The molecule has 1 unspecified atom stereocenters. The molecule has 168 valence electrons. The van der Waals surface area contributed by atoms with E-state index in [0.717, 1.165) is 24.0 Å². The highest BCUT2D eigenvalue weighted by atomic mass is 35.5. The number of halogens is 2. The van der Waals surface area contributed by atoms with Crippen LogP contribution in [0, 0.1) is 0 Å². The second-order valence-corrected chi connectivity index (χ2v) is 9.20. The van der Waals surface area contributed by atoms with Crippen LogP contribution in [0.5, 0.6) is 0 Å². The van der Waals surface area contributed by atoms with E-state index in [1.54, 1.807) is 24.0 Å². The van der Waals surface area contributed by atoms with Crippen LogP contribution in [-0.2, 0) is 21.8 Å². The molecule has 0 saturated carbocycles. The molecule has 2 aromatic carbocycles. The van der Waals surface area contributed by atoms with Gasteiger partial charge in [-0.3, -0.25) is 9.59 Å². The first-order valence-electron chi connectivity index (χ1n) is 10.5. The second kappa shape index (κ2) is 13.7. The Hall–Kier alpha value is -1.69. The molecule has 4 nitrogen and oxygen atoms in total. The lowest BCUT2D eigenvalue weighted by molar-refractivity contribution is -0.137. The molecule has 1 atom stereocenters. The number of hydrogen-bond acceptors (Lipinski definition) is 3. The minimum Gasteiger partial charge on any atom is -0.354 e. The zero-order valence-electron chi connectivity index (χ0n) is 18.1. The molecular formula is C24H30Cl2N2O2S. The summed E-state index contributed by atoms with van der Waals surface area (Å²) >= 11 is 13.7. The summed E-state index contributed by atoms with van der Waals surface area (Å²) in [5.41, 5.74) is 2.07. The van der Waals surface area contributed by atoms with Gasteiger partial charge in [-0.25, -0.2) is 0 Å². The van der Waals surface area contributed by atoms with E-state index < -0.39 is 6.04 Å². The average molecular weight is 481 g/mol. The van der Waals surface area contributed by atoms with E-state index in [2.05, 4.69) is 12.2 Å². The van der Waals surface area contributed by atoms with Crippen LogP contribution in [0.3, 0.4) is 0 Å². The van der Waals surface area contributed by atoms with Crippen molar-refractivity contribution in [2.45, 2.75) is 44.9 Å². The maximum atomic E-state index is 13.0. The summed E-state index contributed by atoms with van der Waals surface area (Å²) in [6, 6.07) is 14.8. The van der Waals surface area contributed by atoms with Gasteiger partial charge in [0, 0.05) is 28.9 Å². The molecule has 1 N–H and O–H groups in total. The van der Waals surface area contributed by atoms with Crippen molar-refractivity contribution in [2.24, 2.45) is 0 Å². The van der Waals surface area contributed by atoms with Crippen LogP contribution >= 0.6 is 35.0 Å². The summed E-state index contributed by atoms with van der Waals surface area (Å²) < 4.78 is 0. The third kappa shape index (κ3) is 8.76. The van der Waals surface area contributed by atoms with Gasteiger partial charge in [-0.2, -0.15) is 0 Å². The van der Waals surface area contributed by atoms with E-state index in [4.69, 9.17) is 23.2 Å². The van der Waals surface area contributed by atoms with Crippen molar-refractivity contribution in [1.29, 1.82) is 0 Å². The monoisotopic (exact) mass is 480 g/mol. The molecule has 2 rings (SSSR count). The van der Waals surface area contributed by atoms with Crippen LogP contribution in [-0.4, -0.2) is 41.6 Å². The Bertz CT molecular complexity index is 849. The summed E-state index contributed by atoms with van der Waals surface area (Å²) in [6.45, 7) is 5.00. The minimum atomic E-state index is -0.521. The number of nitrogens with one attached hydrogen (secondary N) is 1. The molecular weight excluding hydrogens is 451 g/mol. The lowest BCUT2D eigenvalue weighted by Crippen LogP contribution is -2.49. The molecule has 31 heavy (non-hydrogen) atoms. The lowest BCUT2D eigenvalue weighted by Gasteiger charge is -2.28. The molecule has 0 aliphatic heterocycles. The van der Waals surface area contributed by atoms with Crippen molar-refractivity contribution in [3.8, 4) is 0 Å².